The van der Waals surface area contributed by atoms with E-state index < -0.39 is 45.2 Å². The van der Waals surface area contributed by atoms with E-state index in [1.165, 1.54) is 10.8 Å². The van der Waals surface area contributed by atoms with E-state index in [0.29, 0.717) is 26.2 Å². The number of aromatic hydroxyl groups is 1. The van der Waals surface area contributed by atoms with Crippen molar-refractivity contribution in [2.24, 2.45) is 0 Å². The van der Waals surface area contributed by atoms with Crippen LogP contribution in [-0.2, 0) is 11.3 Å². The lowest BCUT2D eigenvalue weighted by molar-refractivity contribution is -0.0176. The zero-order valence-electron chi connectivity index (χ0n) is 17.0. The Morgan fingerprint density at radius 2 is 2.06 bits per heavy atom. The van der Waals surface area contributed by atoms with Crippen LogP contribution >= 0.6 is 11.6 Å². The van der Waals surface area contributed by atoms with Crippen LogP contribution in [0, 0.1) is 11.6 Å². The number of nitrogens with one attached hydrogen (secondary N) is 1. The molecule has 2 aromatic rings. The van der Waals surface area contributed by atoms with Crippen molar-refractivity contribution in [1.82, 2.24) is 14.8 Å². The van der Waals surface area contributed by atoms with E-state index in [4.69, 9.17) is 16.3 Å². The van der Waals surface area contributed by atoms with Crippen molar-refractivity contribution in [1.29, 1.82) is 0 Å². The summed E-state index contributed by atoms with van der Waals surface area (Å²) in [6.07, 6.45) is 1.76. The molecule has 0 bridgehead atoms. The second-order valence-electron chi connectivity index (χ2n) is 7.58. The number of nitrogens with zero attached hydrogens (tertiary/aromatic N) is 2. The maximum Gasteiger partial charge on any atom is 0.274 e. The summed E-state index contributed by atoms with van der Waals surface area (Å²) >= 11 is 5.55. The first-order valence-corrected chi connectivity index (χ1v) is 10.4. The van der Waals surface area contributed by atoms with Crippen molar-refractivity contribution < 1.29 is 28.2 Å². The Morgan fingerprint density at radius 1 is 1.31 bits per heavy atom. The molecule has 0 saturated carbocycles. The predicted molar refractivity (Wildman–Crippen MR) is 110 cm³/mol. The molecule has 11 heteroatoms. The molecular weight excluding hydrogens is 448 g/mol. The van der Waals surface area contributed by atoms with Gasteiger partial charge < -0.3 is 24.6 Å². The van der Waals surface area contributed by atoms with E-state index >= 15 is 0 Å². The maximum atomic E-state index is 14.1. The summed E-state index contributed by atoms with van der Waals surface area (Å²) in [5.41, 5.74) is -1.66. The van der Waals surface area contributed by atoms with E-state index in [9.17, 15) is 28.3 Å². The number of halogens is 3. The number of rotatable bonds is 4. The largest absolute Gasteiger partial charge is 0.503 e. The zero-order valence-corrected chi connectivity index (χ0v) is 17.8. The average molecular weight is 468 g/mol. The number of hydrogen-bond acceptors (Lipinski definition) is 5. The molecule has 170 valence electrons. The summed E-state index contributed by atoms with van der Waals surface area (Å²) in [6.45, 7) is 2.51. The lowest BCUT2D eigenvalue weighted by Gasteiger charge is -2.45. The highest BCUT2D eigenvalue weighted by Crippen LogP contribution is 2.35. The smallest absolute Gasteiger partial charge is 0.274 e. The normalized spacial score (nSPS) is 20.0. The van der Waals surface area contributed by atoms with Gasteiger partial charge in [0.15, 0.2) is 11.4 Å². The molecule has 0 radical (unpaired) electrons. The highest BCUT2D eigenvalue weighted by atomic mass is 35.5. The van der Waals surface area contributed by atoms with Gasteiger partial charge in [-0.2, -0.15) is 0 Å². The number of amides is 2. The van der Waals surface area contributed by atoms with Gasteiger partial charge in [0.1, 0.15) is 22.2 Å². The fraction of sp³-hybridized carbons (Fsp3) is 0.381. The maximum absolute atomic E-state index is 14.1. The predicted octanol–water partition coefficient (Wildman–Crippen LogP) is 2.22. The molecule has 0 spiro atoms. The highest BCUT2D eigenvalue weighted by Gasteiger charge is 2.43. The number of ether oxygens (including phenoxy) is 1. The Hall–Kier alpha value is -2.98. The number of pyridine rings is 1. The Morgan fingerprint density at radius 3 is 2.78 bits per heavy atom. The highest BCUT2D eigenvalue weighted by molar-refractivity contribution is 6.30. The third-order valence-electron chi connectivity index (χ3n) is 5.86. The number of aromatic nitrogens is 1. The molecule has 1 fully saturated rings. The van der Waals surface area contributed by atoms with Gasteiger partial charge in [0, 0.05) is 31.5 Å². The van der Waals surface area contributed by atoms with Crippen molar-refractivity contribution in [3.05, 3.63) is 62.0 Å². The van der Waals surface area contributed by atoms with Crippen molar-refractivity contribution in [3.8, 4) is 5.75 Å². The zero-order chi connectivity index (χ0) is 23.2. The number of benzene rings is 1. The summed E-state index contributed by atoms with van der Waals surface area (Å²) in [5, 5.41) is 12.2. The minimum atomic E-state index is -1.02. The quantitative estimate of drug-likeness (QED) is 0.671. The molecule has 0 aliphatic carbocycles. The standard InChI is InChI=1S/C21H20ClF2N3O5/c1-2-26-14-9-32-6-5-13(14)27-8-11(18(28)19(29)17(27)21(26)31)20(30)25-7-10-3-4-12(23)15(22)16(10)24/h3-4,8,13-14,29H,2,5-7,9H2,1H3,(H,25,30)/t13-,14-/m1/s1. The van der Waals surface area contributed by atoms with Crippen LogP contribution in [0.4, 0.5) is 8.78 Å². The second-order valence-corrected chi connectivity index (χ2v) is 7.96. The van der Waals surface area contributed by atoms with Crippen LogP contribution < -0.4 is 10.7 Å². The summed E-state index contributed by atoms with van der Waals surface area (Å²) < 4.78 is 34.4. The van der Waals surface area contributed by atoms with Gasteiger partial charge in [0.05, 0.1) is 18.7 Å². The SMILES string of the molecule is CCN1C(=O)c2c(O)c(=O)c(C(=O)NCc3ccc(F)c(Cl)c3F)cn2[C@@H]2CCOC[C@H]21. The topological polar surface area (TPSA) is 101 Å². The fourth-order valence-electron chi connectivity index (χ4n) is 4.23. The van der Waals surface area contributed by atoms with Crippen molar-refractivity contribution >= 4 is 23.4 Å². The van der Waals surface area contributed by atoms with Crippen molar-refractivity contribution in [2.75, 3.05) is 19.8 Å². The van der Waals surface area contributed by atoms with Crippen molar-refractivity contribution in [2.45, 2.75) is 32.0 Å². The number of likely N-dealkylation sites (N-methyl/N-ethyl adjacent to an activating group) is 1. The summed E-state index contributed by atoms with van der Waals surface area (Å²) in [6, 6.07) is 1.49. The molecule has 2 aliphatic heterocycles. The molecule has 1 aromatic carbocycles. The molecule has 2 atom stereocenters. The van der Waals surface area contributed by atoms with Crippen LogP contribution in [0.25, 0.3) is 0 Å². The minimum Gasteiger partial charge on any atom is -0.503 e. The number of fused-ring (bicyclic) bond motifs is 3. The van der Waals surface area contributed by atoms with E-state index in [2.05, 4.69) is 5.32 Å². The van der Waals surface area contributed by atoms with Gasteiger partial charge in [-0.15, -0.1) is 0 Å². The van der Waals surface area contributed by atoms with E-state index in [1.807, 2.05) is 0 Å². The number of hydrogen-bond donors (Lipinski definition) is 2. The molecule has 1 saturated heterocycles. The summed E-state index contributed by atoms with van der Waals surface area (Å²) in [7, 11) is 0. The molecule has 3 heterocycles. The molecule has 32 heavy (non-hydrogen) atoms. The minimum absolute atomic E-state index is 0.0784. The van der Waals surface area contributed by atoms with Gasteiger partial charge in [-0.05, 0) is 19.4 Å². The number of carbonyl (C=O) groups is 2. The molecule has 0 unspecified atom stereocenters. The van der Waals surface area contributed by atoms with Crippen LogP contribution in [0.3, 0.4) is 0 Å². The Kier molecular flexibility index (Phi) is 5.91. The van der Waals surface area contributed by atoms with Gasteiger partial charge in [-0.3, -0.25) is 14.4 Å². The first kappa shape index (κ1) is 22.2. The van der Waals surface area contributed by atoms with Crippen LogP contribution in [-0.4, -0.2) is 52.2 Å². The summed E-state index contributed by atoms with van der Waals surface area (Å²) in [4.78, 5) is 39.9. The molecular formula is C21H20ClF2N3O5. The van der Waals surface area contributed by atoms with Crippen LogP contribution in [0.2, 0.25) is 5.02 Å². The van der Waals surface area contributed by atoms with Crippen LogP contribution in [0.1, 0.15) is 45.8 Å². The Balaban J connectivity index is 1.69. The average Bonchev–Trinajstić information content (AvgIpc) is 2.79. The van der Waals surface area contributed by atoms with Gasteiger partial charge >= 0.3 is 0 Å². The van der Waals surface area contributed by atoms with E-state index in [-0.39, 0.29) is 29.9 Å². The molecule has 2 amide bonds. The Bertz CT molecular complexity index is 1170. The van der Waals surface area contributed by atoms with Crippen molar-refractivity contribution in [3.63, 3.8) is 0 Å². The first-order valence-electron chi connectivity index (χ1n) is 10.0. The van der Waals surface area contributed by atoms with Crippen LogP contribution in [0.5, 0.6) is 5.75 Å². The van der Waals surface area contributed by atoms with Gasteiger partial charge in [0.25, 0.3) is 11.8 Å². The molecule has 2 N–H and O–H groups in total. The first-order chi connectivity index (χ1) is 15.3. The molecule has 4 rings (SSSR count). The third-order valence-corrected chi connectivity index (χ3v) is 6.21. The lowest BCUT2D eigenvalue weighted by atomic mass is 9.96. The fourth-order valence-corrected chi connectivity index (χ4v) is 4.41. The van der Waals surface area contributed by atoms with Gasteiger partial charge in [0.2, 0.25) is 5.43 Å². The van der Waals surface area contributed by atoms with Gasteiger partial charge in [-0.25, -0.2) is 8.78 Å². The monoisotopic (exact) mass is 467 g/mol. The Labute approximate surface area is 186 Å². The molecule has 8 nitrogen and oxygen atoms in total. The van der Waals surface area contributed by atoms with Gasteiger partial charge in [-0.1, -0.05) is 17.7 Å². The summed E-state index contributed by atoms with van der Waals surface area (Å²) in [5.74, 6) is -4.18. The third kappa shape index (κ3) is 3.53. The van der Waals surface area contributed by atoms with Crippen LogP contribution in [0.15, 0.2) is 23.1 Å². The van der Waals surface area contributed by atoms with E-state index in [0.717, 1.165) is 12.1 Å². The van der Waals surface area contributed by atoms with E-state index in [1.54, 1.807) is 11.8 Å². The lowest BCUT2D eigenvalue weighted by Crippen LogP contribution is -2.55. The second kappa shape index (κ2) is 8.51. The number of carbonyl (C=O) groups excluding carboxylic acids is 2. The molecule has 2 aliphatic rings. The molecule has 1 aromatic heterocycles.